The Kier molecular flexibility index (Phi) is 4.28. The zero-order valence-corrected chi connectivity index (χ0v) is 13.8. The van der Waals surface area contributed by atoms with Gasteiger partial charge in [-0.2, -0.15) is 0 Å². The molecule has 1 heterocycles. The van der Waals surface area contributed by atoms with E-state index in [-0.39, 0.29) is 10.6 Å². The average Bonchev–Trinajstić information content (AvgIpc) is 3.07. The molecule has 0 unspecified atom stereocenters. The molecule has 0 saturated carbocycles. The van der Waals surface area contributed by atoms with Crippen LogP contribution >= 0.6 is 11.3 Å². The summed E-state index contributed by atoms with van der Waals surface area (Å²) < 4.78 is 26.9. The molecule has 0 aliphatic heterocycles. The lowest BCUT2D eigenvalue weighted by Crippen LogP contribution is -2.12. The smallest absolute Gasteiger partial charge is 0.258 e. The quantitative estimate of drug-likeness (QED) is 0.553. The largest absolute Gasteiger partial charge is 0.269 e. The Balaban J connectivity index is 1.83. The van der Waals surface area contributed by atoms with Crippen molar-refractivity contribution in [3.8, 4) is 11.1 Å². The van der Waals surface area contributed by atoms with Crippen molar-refractivity contribution in [3.63, 3.8) is 0 Å². The van der Waals surface area contributed by atoms with Gasteiger partial charge in [-0.3, -0.25) is 14.8 Å². The predicted molar refractivity (Wildman–Crippen MR) is 91.5 cm³/mol. The number of aromatic nitrogens is 1. The molecule has 24 heavy (non-hydrogen) atoms. The number of nitro benzene ring substituents is 1. The van der Waals surface area contributed by atoms with Crippen molar-refractivity contribution in [3.05, 3.63) is 70.2 Å². The number of thiazole rings is 1. The van der Waals surface area contributed by atoms with E-state index in [0.717, 1.165) is 11.1 Å². The van der Waals surface area contributed by atoms with Crippen LogP contribution in [0.15, 0.2) is 65.0 Å². The second kappa shape index (κ2) is 6.38. The van der Waals surface area contributed by atoms with Crippen molar-refractivity contribution < 1.29 is 13.3 Å². The van der Waals surface area contributed by atoms with Crippen LogP contribution in [0.1, 0.15) is 0 Å². The molecule has 0 bridgehead atoms. The minimum Gasteiger partial charge on any atom is -0.258 e. The minimum atomic E-state index is -3.69. The zero-order chi connectivity index (χ0) is 17.2. The van der Waals surface area contributed by atoms with Crippen molar-refractivity contribution in [2.45, 2.75) is 4.90 Å². The Morgan fingerprint density at radius 3 is 2.08 bits per heavy atom. The molecule has 1 aromatic heterocycles. The number of anilines is 1. The fourth-order valence-electron chi connectivity index (χ4n) is 2.05. The van der Waals surface area contributed by atoms with E-state index in [4.69, 9.17) is 0 Å². The normalized spacial score (nSPS) is 11.2. The molecule has 0 amide bonds. The van der Waals surface area contributed by atoms with Gasteiger partial charge >= 0.3 is 0 Å². The first-order chi connectivity index (χ1) is 11.5. The number of benzene rings is 2. The fraction of sp³-hybridized carbons (Fsp3) is 0. The van der Waals surface area contributed by atoms with Crippen molar-refractivity contribution in [1.82, 2.24) is 4.98 Å². The summed E-state index contributed by atoms with van der Waals surface area (Å²) in [5.41, 5.74) is 1.53. The van der Waals surface area contributed by atoms with Crippen LogP contribution in [0.3, 0.4) is 0 Å². The number of hydrogen-bond acceptors (Lipinski definition) is 6. The molecule has 7 nitrogen and oxygen atoms in total. The lowest BCUT2D eigenvalue weighted by atomic mass is 10.1. The fourth-order valence-corrected chi connectivity index (χ4v) is 3.84. The highest BCUT2D eigenvalue weighted by molar-refractivity contribution is 7.93. The highest BCUT2D eigenvalue weighted by atomic mass is 32.2. The monoisotopic (exact) mass is 361 g/mol. The summed E-state index contributed by atoms with van der Waals surface area (Å²) in [4.78, 5) is 14.2. The molecule has 1 N–H and O–H groups in total. The number of nitrogens with zero attached hydrogens (tertiary/aromatic N) is 2. The lowest BCUT2D eigenvalue weighted by Gasteiger charge is -2.07. The second-order valence-electron chi connectivity index (χ2n) is 4.77. The Labute approximate surface area is 141 Å². The summed E-state index contributed by atoms with van der Waals surface area (Å²) >= 11 is 1.19. The predicted octanol–water partition coefficient (Wildman–Crippen LogP) is 3.52. The summed E-state index contributed by atoms with van der Waals surface area (Å²) in [6.45, 7) is 0. The van der Waals surface area contributed by atoms with Gasteiger partial charge in [-0.1, -0.05) is 12.1 Å². The maximum Gasteiger partial charge on any atom is 0.269 e. The summed E-state index contributed by atoms with van der Waals surface area (Å²) in [6.07, 6.45) is 1.51. The first kappa shape index (κ1) is 16.1. The molecule has 3 aromatic rings. The Bertz CT molecular complexity index is 951. The molecular weight excluding hydrogens is 350 g/mol. The minimum absolute atomic E-state index is 0.00518. The molecule has 122 valence electrons. The molecule has 0 aliphatic carbocycles. The van der Waals surface area contributed by atoms with Crippen molar-refractivity contribution in [2.75, 3.05) is 4.72 Å². The number of hydrogen-bond donors (Lipinski definition) is 1. The van der Waals surface area contributed by atoms with E-state index >= 15 is 0 Å². The number of non-ortho nitro benzene ring substituents is 1. The molecule has 2 aromatic carbocycles. The summed E-state index contributed by atoms with van der Waals surface area (Å²) in [7, 11) is -3.69. The Hall–Kier alpha value is -2.78. The Morgan fingerprint density at radius 1 is 1.00 bits per heavy atom. The molecule has 0 radical (unpaired) electrons. The SMILES string of the molecule is O=[N+]([O-])c1ccc(-c2ccc(S(=O)(=O)Nc3nccs3)cc2)cc1. The van der Waals surface area contributed by atoms with Crippen LogP contribution in [-0.4, -0.2) is 18.3 Å². The molecule has 3 rings (SSSR count). The van der Waals surface area contributed by atoms with E-state index in [1.807, 2.05) is 0 Å². The van der Waals surface area contributed by atoms with Crippen molar-refractivity contribution >= 4 is 32.2 Å². The van der Waals surface area contributed by atoms with E-state index in [2.05, 4.69) is 9.71 Å². The first-order valence-corrected chi connectivity index (χ1v) is 9.09. The number of nitrogens with one attached hydrogen (secondary N) is 1. The number of nitro groups is 1. The molecule has 0 spiro atoms. The highest BCUT2D eigenvalue weighted by Crippen LogP contribution is 2.25. The summed E-state index contributed by atoms with van der Waals surface area (Å²) in [5.74, 6) is 0. The average molecular weight is 361 g/mol. The second-order valence-corrected chi connectivity index (χ2v) is 7.35. The maximum absolute atomic E-state index is 12.2. The van der Waals surface area contributed by atoms with Crippen LogP contribution in [0.25, 0.3) is 11.1 Å². The van der Waals surface area contributed by atoms with Gasteiger partial charge in [0.2, 0.25) is 0 Å². The van der Waals surface area contributed by atoms with Gasteiger partial charge in [-0.05, 0) is 35.4 Å². The van der Waals surface area contributed by atoms with Gasteiger partial charge in [0, 0.05) is 23.7 Å². The molecular formula is C15H11N3O4S2. The molecule has 0 saturated heterocycles. The maximum atomic E-state index is 12.2. The van der Waals surface area contributed by atoms with Crippen LogP contribution in [0.2, 0.25) is 0 Å². The molecule has 0 fully saturated rings. The van der Waals surface area contributed by atoms with Gasteiger partial charge in [0.05, 0.1) is 9.82 Å². The first-order valence-electron chi connectivity index (χ1n) is 6.73. The highest BCUT2D eigenvalue weighted by Gasteiger charge is 2.15. The van der Waals surface area contributed by atoms with Gasteiger partial charge in [0.25, 0.3) is 15.7 Å². The van der Waals surface area contributed by atoms with Gasteiger partial charge in [0.15, 0.2) is 5.13 Å². The topological polar surface area (TPSA) is 102 Å². The lowest BCUT2D eigenvalue weighted by molar-refractivity contribution is -0.384. The van der Waals surface area contributed by atoms with Crippen LogP contribution in [0, 0.1) is 10.1 Å². The summed E-state index contributed by atoms with van der Waals surface area (Å²) in [5, 5.41) is 12.6. The van der Waals surface area contributed by atoms with Gasteiger partial charge in [-0.25, -0.2) is 13.4 Å². The van der Waals surface area contributed by atoms with E-state index in [1.54, 1.807) is 29.6 Å². The third-order valence-corrected chi connectivity index (χ3v) is 5.40. The van der Waals surface area contributed by atoms with E-state index in [9.17, 15) is 18.5 Å². The van der Waals surface area contributed by atoms with Crippen LogP contribution in [0.5, 0.6) is 0 Å². The molecule has 0 atom stereocenters. The number of sulfonamides is 1. The van der Waals surface area contributed by atoms with Crippen LogP contribution in [-0.2, 0) is 10.0 Å². The summed E-state index contributed by atoms with van der Waals surface area (Å²) in [6, 6.07) is 12.3. The number of rotatable bonds is 5. The van der Waals surface area contributed by atoms with Crippen molar-refractivity contribution in [2.24, 2.45) is 0 Å². The van der Waals surface area contributed by atoms with Gasteiger partial charge < -0.3 is 0 Å². The van der Waals surface area contributed by atoms with E-state index in [0.29, 0.717) is 5.13 Å². The Morgan fingerprint density at radius 2 is 1.58 bits per heavy atom. The van der Waals surface area contributed by atoms with Crippen LogP contribution < -0.4 is 4.72 Å². The molecule has 9 heteroatoms. The molecule has 0 aliphatic rings. The van der Waals surface area contributed by atoms with Crippen LogP contribution in [0.4, 0.5) is 10.8 Å². The van der Waals surface area contributed by atoms with Crippen molar-refractivity contribution in [1.29, 1.82) is 0 Å². The van der Waals surface area contributed by atoms with E-state index in [1.165, 1.54) is 41.8 Å². The standard InChI is InChI=1S/C15H11N3O4S2/c19-18(20)13-5-1-11(2-6-13)12-3-7-14(8-4-12)24(21,22)17-15-16-9-10-23-15/h1-10H,(H,16,17). The third-order valence-electron chi connectivity index (χ3n) is 3.23. The zero-order valence-electron chi connectivity index (χ0n) is 12.1. The van der Waals surface area contributed by atoms with Gasteiger partial charge in [0.1, 0.15) is 0 Å². The third kappa shape index (κ3) is 3.42. The van der Waals surface area contributed by atoms with Gasteiger partial charge in [-0.15, -0.1) is 11.3 Å². The van der Waals surface area contributed by atoms with E-state index < -0.39 is 14.9 Å².